The molecule has 0 aliphatic heterocycles. The van der Waals surface area contributed by atoms with Gasteiger partial charge in [0.15, 0.2) is 0 Å². The third-order valence-electron chi connectivity index (χ3n) is 2.58. The fourth-order valence-corrected chi connectivity index (χ4v) is 5.55. The van der Waals surface area contributed by atoms with Crippen LogP contribution in [-0.4, -0.2) is 17.2 Å². The minimum Gasteiger partial charge on any atom is -0.549 e. The van der Waals surface area contributed by atoms with Gasteiger partial charge in [-0.2, -0.15) is 11.8 Å². The van der Waals surface area contributed by atoms with Crippen molar-refractivity contribution < 1.29 is 9.90 Å². The molecular formula is C15H14O2PS-. The summed E-state index contributed by atoms with van der Waals surface area (Å²) in [5.41, 5.74) is 0.803. The Morgan fingerprint density at radius 3 is 1.84 bits per heavy atom. The van der Waals surface area contributed by atoms with E-state index < -0.39 is 13.9 Å². The van der Waals surface area contributed by atoms with E-state index in [2.05, 4.69) is 24.3 Å². The summed E-state index contributed by atoms with van der Waals surface area (Å²) in [6.45, 7) is 0. The van der Waals surface area contributed by atoms with Gasteiger partial charge in [-0.15, -0.1) is 0 Å². The van der Waals surface area contributed by atoms with Crippen LogP contribution in [0.15, 0.2) is 60.7 Å². The van der Waals surface area contributed by atoms with Crippen LogP contribution >= 0.6 is 19.7 Å². The van der Waals surface area contributed by atoms with Crippen LogP contribution in [-0.2, 0) is 4.79 Å². The summed E-state index contributed by atoms with van der Waals surface area (Å²) < 4.78 is 0. The maximum Gasteiger partial charge on any atom is 0.0513 e. The lowest BCUT2D eigenvalue weighted by Gasteiger charge is -2.18. The highest BCUT2D eigenvalue weighted by atomic mass is 32.2. The molecule has 4 heteroatoms. The van der Waals surface area contributed by atoms with Crippen molar-refractivity contribution in [2.24, 2.45) is 0 Å². The number of aliphatic carboxylic acids is 1. The lowest BCUT2D eigenvalue weighted by atomic mass is 10.4. The first-order valence-corrected chi connectivity index (χ1v) is 8.61. The molecule has 0 atom stereocenters. The molecule has 0 saturated carbocycles. The molecule has 0 spiro atoms. The molecule has 0 amide bonds. The van der Waals surface area contributed by atoms with Crippen molar-refractivity contribution in [2.75, 3.05) is 11.2 Å². The zero-order chi connectivity index (χ0) is 13.5. The highest BCUT2D eigenvalue weighted by molar-refractivity contribution is 8.07. The molecule has 0 bridgehead atoms. The summed E-state index contributed by atoms with van der Waals surface area (Å²) in [4.78, 5) is 10.5. The SMILES string of the molecule is O=C([O-])CSCP(c1ccccc1)c1ccccc1. The smallest absolute Gasteiger partial charge is 0.0513 e. The lowest BCUT2D eigenvalue weighted by molar-refractivity contribution is -0.301. The van der Waals surface area contributed by atoms with Crippen molar-refractivity contribution >= 4 is 36.3 Å². The fourth-order valence-electron chi connectivity index (χ4n) is 1.73. The first kappa shape index (κ1) is 14.1. The standard InChI is InChI=1S/C15H15O2PS/c16-15(17)11-19-12-18(13-7-3-1-4-8-13)14-9-5-2-6-10-14/h1-10H,11-12H2,(H,16,17)/p-1. The van der Waals surface area contributed by atoms with Gasteiger partial charge in [-0.05, 0) is 18.5 Å². The van der Waals surface area contributed by atoms with Crippen LogP contribution in [0.2, 0.25) is 0 Å². The monoisotopic (exact) mass is 289 g/mol. The van der Waals surface area contributed by atoms with Crippen LogP contribution in [0.25, 0.3) is 0 Å². The zero-order valence-electron chi connectivity index (χ0n) is 10.4. The van der Waals surface area contributed by atoms with E-state index in [-0.39, 0.29) is 5.75 Å². The summed E-state index contributed by atoms with van der Waals surface area (Å²) >= 11 is 1.43. The van der Waals surface area contributed by atoms with Crippen molar-refractivity contribution in [3.63, 3.8) is 0 Å². The number of benzene rings is 2. The number of carbonyl (C=O) groups excluding carboxylic acids is 1. The van der Waals surface area contributed by atoms with Crippen LogP contribution in [0.3, 0.4) is 0 Å². The van der Waals surface area contributed by atoms with E-state index in [1.807, 2.05) is 36.4 Å². The second-order valence-corrected chi connectivity index (χ2v) is 7.57. The fraction of sp³-hybridized carbons (Fsp3) is 0.133. The molecule has 2 rings (SSSR count). The molecule has 0 radical (unpaired) electrons. The van der Waals surface area contributed by atoms with E-state index in [0.717, 1.165) is 5.49 Å². The van der Waals surface area contributed by atoms with E-state index in [4.69, 9.17) is 0 Å². The average molecular weight is 289 g/mol. The number of carbonyl (C=O) groups is 1. The lowest BCUT2D eigenvalue weighted by Crippen LogP contribution is -2.24. The van der Waals surface area contributed by atoms with Gasteiger partial charge in [0.1, 0.15) is 0 Å². The highest BCUT2D eigenvalue weighted by Gasteiger charge is 2.12. The zero-order valence-corrected chi connectivity index (χ0v) is 12.1. The Morgan fingerprint density at radius 2 is 1.42 bits per heavy atom. The van der Waals surface area contributed by atoms with E-state index >= 15 is 0 Å². The van der Waals surface area contributed by atoms with Gasteiger partial charge in [0.05, 0.1) is 5.97 Å². The number of rotatable bonds is 6. The summed E-state index contributed by atoms with van der Waals surface area (Å²) in [7, 11) is -0.510. The van der Waals surface area contributed by atoms with Gasteiger partial charge >= 0.3 is 0 Å². The minimum absolute atomic E-state index is 0.0541. The first-order valence-electron chi connectivity index (χ1n) is 5.92. The molecular weight excluding hydrogens is 275 g/mol. The maximum absolute atomic E-state index is 10.5. The minimum atomic E-state index is -0.999. The van der Waals surface area contributed by atoms with E-state index in [0.29, 0.717) is 0 Å². The topological polar surface area (TPSA) is 40.1 Å². The van der Waals surface area contributed by atoms with Crippen molar-refractivity contribution in [3.8, 4) is 0 Å². The van der Waals surface area contributed by atoms with E-state index in [1.165, 1.54) is 22.4 Å². The Balaban J connectivity index is 2.17. The largest absolute Gasteiger partial charge is 0.549 e. The van der Waals surface area contributed by atoms with Crippen LogP contribution < -0.4 is 15.7 Å². The molecule has 0 saturated heterocycles. The molecule has 98 valence electrons. The normalized spacial score (nSPS) is 10.6. The third-order valence-corrected chi connectivity index (χ3v) is 6.62. The number of hydrogen-bond acceptors (Lipinski definition) is 3. The molecule has 0 N–H and O–H groups in total. The Labute approximate surface area is 118 Å². The molecule has 0 fully saturated rings. The number of carboxylic acids is 1. The highest BCUT2D eigenvalue weighted by Crippen LogP contribution is 2.37. The van der Waals surface area contributed by atoms with Crippen molar-refractivity contribution in [2.45, 2.75) is 0 Å². The molecule has 2 aromatic rings. The average Bonchev–Trinajstić information content (AvgIpc) is 2.45. The number of thioether (sulfide) groups is 1. The van der Waals surface area contributed by atoms with Crippen LogP contribution in [0.5, 0.6) is 0 Å². The van der Waals surface area contributed by atoms with Gasteiger partial charge in [0.2, 0.25) is 0 Å². The molecule has 2 aromatic carbocycles. The summed E-state index contributed by atoms with van der Waals surface area (Å²) in [6.07, 6.45) is 0. The number of hydrogen-bond donors (Lipinski definition) is 0. The van der Waals surface area contributed by atoms with Crippen LogP contribution in [0, 0.1) is 0 Å². The van der Waals surface area contributed by atoms with Gasteiger partial charge in [-0.25, -0.2) is 0 Å². The molecule has 0 aromatic heterocycles. The first-order chi connectivity index (χ1) is 9.27. The molecule has 2 nitrogen and oxygen atoms in total. The number of carboxylic acid groups (broad SMARTS) is 1. The predicted octanol–water partition coefficient (Wildman–Crippen LogP) is 1.56. The quantitative estimate of drug-likeness (QED) is 0.758. The second-order valence-electron chi connectivity index (χ2n) is 3.95. The van der Waals surface area contributed by atoms with Gasteiger partial charge < -0.3 is 9.90 Å². The Bertz CT molecular complexity index is 477. The third kappa shape index (κ3) is 4.38. The molecule has 0 aliphatic carbocycles. The van der Waals surface area contributed by atoms with Crippen LogP contribution in [0.1, 0.15) is 0 Å². The molecule has 0 heterocycles. The van der Waals surface area contributed by atoms with Crippen molar-refractivity contribution in [3.05, 3.63) is 60.7 Å². The predicted molar refractivity (Wildman–Crippen MR) is 81.4 cm³/mol. The summed E-state index contributed by atoms with van der Waals surface area (Å²) in [6, 6.07) is 20.5. The van der Waals surface area contributed by atoms with Gasteiger partial charge in [-0.3, -0.25) is 0 Å². The van der Waals surface area contributed by atoms with E-state index in [1.54, 1.807) is 0 Å². The molecule has 0 aliphatic rings. The summed E-state index contributed by atoms with van der Waals surface area (Å²) in [5, 5.41) is 13.1. The summed E-state index contributed by atoms with van der Waals surface area (Å²) in [5.74, 6) is -0.945. The maximum atomic E-state index is 10.5. The Hall–Kier alpha value is -1.31. The molecule has 19 heavy (non-hydrogen) atoms. The Morgan fingerprint density at radius 1 is 0.947 bits per heavy atom. The van der Waals surface area contributed by atoms with Crippen LogP contribution in [0.4, 0.5) is 0 Å². The molecule has 0 unspecified atom stereocenters. The Kier molecular flexibility index (Phi) is 5.44. The van der Waals surface area contributed by atoms with E-state index in [9.17, 15) is 9.90 Å². The second kappa shape index (κ2) is 7.32. The van der Waals surface area contributed by atoms with Crippen molar-refractivity contribution in [1.82, 2.24) is 0 Å². The van der Waals surface area contributed by atoms with Gasteiger partial charge in [0, 0.05) is 11.2 Å². The van der Waals surface area contributed by atoms with Gasteiger partial charge in [0.25, 0.3) is 0 Å². The van der Waals surface area contributed by atoms with Gasteiger partial charge in [-0.1, -0.05) is 60.7 Å². The van der Waals surface area contributed by atoms with Crippen molar-refractivity contribution in [1.29, 1.82) is 0 Å².